The van der Waals surface area contributed by atoms with E-state index in [0.29, 0.717) is 17.5 Å². The van der Waals surface area contributed by atoms with Gasteiger partial charge in [0.1, 0.15) is 11.5 Å². The normalized spacial score (nSPS) is 10.5. The number of aryl methyl sites for hydroxylation is 1. The maximum absolute atomic E-state index is 8.92. The van der Waals surface area contributed by atoms with E-state index in [1.54, 1.807) is 0 Å². The quantitative estimate of drug-likeness (QED) is 0.766. The highest BCUT2D eigenvalue weighted by molar-refractivity contribution is 5.28. The molecular formula is C9H16N2O2. The zero-order chi connectivity index (χ0) is 9.84. The fraction of sp³-hybridized carbons (Fsp3) is 0.667. The molecule has 0 atom stereocenters. The molecule has 0 fully saturated rings. The number of anilines is 1. The minimum atomic E-state index is -0.0589. The lowest BCUT2D eigenvalue weighted by Crippen LogP contribution is -2.22. The molecule has 4 heteroatoms. The first-order chi connectivity index (χ1) is 6.22. The van der Waals surface area contributed by atoms with Gasteiger partial charge in [-0.05, 0) is 20.8 Å². The molecule has 0 radical (unpaired) electrons. The molecule has 13 heavy (non-hydrogen) atoms. The van der Waals surface area contributed by atoms with Crippen LogP contribution >= 0.6 is 0 Å². The van der Waals surface area contributed by atoms with Crippen molar-refractivity contribution >= 4 is 6.01 Å². The lowest BCUT2D eigenvalue weighted by molar-refractivity contribution is 0.275. The van der Waals surface area contributed by atoms with Crippen molar-refractivity contribution < 1.29 is 9.52 Å². The maximum atomic E-state index is 8.92. The van der Waals surface area contributed by atoms with Gasteiger partial charge in [-0.1, -0.05) is 0 Å². The molecule has 0 saturated heterocycles. The predicted octanol–water partition coefficient (Wildman–Crippen LogP) is 1.32. The van der Waals surface area contributed by atoms with E-state index in [1.807, 2.05) is 25.7 Å². The topological polar surface area (TPSA) is 49.5 Å². The summed E-state index contributed by atoms with van der Waals surface area (Å²) in [4.78, 5) is 6.19. The van der Waals surface area contributed by atoms with Crippen LogP contribution in [-0.2, 0) is 6.61 Å². The Morgan fingerprint density at radius 3 is 2.38 bits per heavy atom. The van der Waals surface area contributed by atoms with Crippen molar-refractivity contribution in [3.63, 3.8) is 0 Å². The maximum Gasteiger partial charge on any atom is 0.297 e. The standard InChI is InChI=1S/C9H16N2O2/c1-4-11(5-2)9-10-8(6-12)7(3)13-9/h12H,4-6H2,1-3H3. The van der Waals surface area contributed by atoms with Crippen LogP contribution in [0.1, 0.15) is 25.3 Å². The molecule has 0 aromatic carbocycles. The van der Waals surface area contributed by atoms with Crippen LogP contribution in [0.25, 0.3) is 0 Å². The van der Waals surface area contributed by atoms with Gasteiger partial charge < -0.3 is 14.4 Å². The van der Waals surface area contributed by atoms with Crippen LogP contribution < -0.4 is 4.90 Å². The zero-order valence-corrected chi connectivity index (χ0v) is 8.37. The van der Waals surface area contributed by atoms with Crippen LogP contribution in [0.15, 0.2) is 4.42 Å². The summed E-state index contributed by atoms with van der Waals surface area (Å²) in [7, 11) is 0. The molecule has 0 aliphatic rings. The van der Waals surface area contributed by atoms with E-state index in [-0.39, 0.29) is 6.61 Å². The summed E-state index contributed by atoms with van der Waals surface area (Å²) in [6.45, 7) is 7.56. The van der Waals surface area contributed by atoms with Crippen molar-refractivity contribution in [2.75, 3.05) is 18.0 Å². The molecule has 0 spiro atoms. The summed E-state index contributed by atoms with van der Waals surface area (Å²) in [5, 5.41) is 8.92. The third-order valence-electron chi connectivity index (χ3n) is 2.07. The molecule has 0 amide bonds. The number of nitrogens with zero attached hydrogens (tertiary/aromatic N) is 2. The van der Waals surface area contributed by atoms with Crippen molar-refractivity contribution in [1.82, 2.24) is 4.98 Å². The largest absolute Gasteiger partial charge is 0.429 e. The van der Waals surface area contributed by atoms with Crippen molar-refractivity contribution in [3.8, 4) is 0 Å². The van der Waals surface area contributed by atoms with Crippen molar-refractivity contribution in [1.29, 1.82) is 0 Å². The van der Waals surface area contributed by atoms with Gasteiger partial charge in [-0.15, -0.1) is 0 Å². The lowest BCUT2D eigenvalue weighted by atomic mass is 10.4. The number of aromatic nitrogens is 1. The minimum absolute atomic E-state index is 0.0589. The van der Waals surface area contributed by atoms with Crippen molar-refractivity contribution in [2.24, 2.45) is 0 Å². The average molecular weight is 184 g/mol. The SMILES string of the molecule is CCN(CC)c1nc(CO)c(C)o1. The van der Waals surface area contributed by atoms with Gasteiger partial charge in [-0.3, -0.25) is 0 Å². The molecule has 1 aromatic heterocycles. The predicted molar refractivity (Wildman–Crippen MR) is 50.7 cm³/mol. The van der Waals surface area contributed by atoms with E-state index < -0.39 is 0 Å². The smallest absolute Gasteiger partial charge is 0.297 e. The summed E-state index contributed by atoms with van der Waals surface area (Å²) >= 11 is 0. The van der Waals surface area contributed by atoms with Crippen LogP contribution in [0.2, 0.25) is 0 Å². The first kappa shape index (κ1) is 10.1. The molecule has 1 N–H and O–H groups in total. The molecule has 0 unspecified atom stereocenters. The summed E-state index contributed by atoms with van der Waals surface area (Å²) < 4.78 is 5.40. The Balaban J connectivity index is 2.88. The van der Waals surface area contributed by atoms with Crippen LogP contribution in [0.4, 0.5) is 6.01 Å². The average Bonchev–Trinajstić information content (AvgIpc) is 2.49. The fourth-order valence-corrected chi connectivity index (χ4v) is 1.19. The molecule has 0 aliphatic heterocycles. The summed E-state index contributed by atoms with van der Waals surface area (Å²) in [6.07, 6.45) is 0. The Morgan fingerprint density at radius 2 is 2.00 bits per heavy atom. The summed E-state index contributed by atoms with van der Waals surface area (Å²) in [5.41, 5.74) is 0.627. The van der Waals surface area contributed by atoms with Gasteiger partial charge >= 0.3 is 0 Å². The summed E-state index contributed by atoms with van der Waals surface area (Å²) in [6, 6.07) is 0.603. The molecule has 0 aliphatic carbocycles. The fourth-order valence-electron chi connectivity index (χ4n) is 1.19. The monoisotopic (exact) mass is 184 g/mol. The van der Waals surface area contributed by atoms with Crippen LogP contribution in [-0.4, -0.2) is 23.2 Å². The number of hydrogen-bond acceptors (Lipinski definition) is 4. The second-order valence-corrected chi connectivity index (χ2v) is 2.83. The van der Waals surface area contributed by atoms with Crippen LogP contribution in [0, 0.1) is 6.92 Å². The van der Waals surface area contributed by atoms with Gasteiger partial charge in [0, 0.05) is 13.1 Å². The lowest BCUT2D eigenvalue weighted by Gasteiger charge is -2.14. The number of rotatable bonds is 4. The van der Waals surface area contributed by atoms with E-state index in [1.165, 1.54) is 0 Å². The van der Waals surface area contributed by atoms with E-state index in [4.69, 9.17) is 9.52 Å². The minimum Gasteiger partial charge on any atom is -0.429 e. The Labute approximate surface area is 78.2 Å². The Morgan fingerprint density at radius 1 is 1.38 bits per heavy atom. The van der Waals surface area contributed by atoms with E-state index in [9.17, 15) is 0 Å². The number of aliphatic hydroxyl groups excluding tert-OH is 1. The highest BCUT2D eigenvalue weighted by Gasteiger charge is 2.12. The van der Waals surface area contributed by atoms with Crippen LogP contribution in [0.5, 0.6) is 0 Å². The zero-order valence-electron chi connectivity index (χ0n) is 8.37. The van der Waals surface area contributed by atoms with Gasteiger partial charge in [0.2, 0.25) is 0 Å². The van der Waals surface area contributed by atoms with Crippen LogP contribution in [0.3, 0.4) is 0 Å². The van der Waals surface area contributed by atoms with Gasteiger partial charge in [0.25, 0.3) is 6.01 Å². The van der Waals surface area contributed by atoms with E-state index in [0.717, 1.165) is 13.1 Å². The third kappa shape index (κ3) is 2.01. The molecular weight excluding hydrogens is 168 g/mol. The molecule has 0 saturated carbocycles. The van der Waals surface area contributed by atoms with E-state index >= 15 is 0 Å². The Hall–Kier alpha value is -1.03. The van der Waals surface area contributed by atoms with Gasteiger partial charge in [0.05, 0.1) is 6.61 Å². The molecule has 0 bridgehead atoms. The van der Waals surface area contributed by atoms with Crippen molar-refractivity contribution in [2.45, 2.75) is 27.4 Å². The van der Waals surface area contributed by atoms with Crippen molar-refractivity contribution in [3.05, 3.63) is 11.5 Å². The van der Waals surface area contributed by atoms with Gasteiger partial charge in [-0.2, -0.15) is 4.98 Å². The molecule has 4 nitrogen and oxygen atoms in total. The van der Waals surface area contributed by atoms with Gasteiger partial charge in [-0.25, -0.2) is 0 Å². The summed E-state index contributed by atoms with van der Waals surface area (Å²) in [5.74, 6) is 0.699. The molecule has 74 valence electrons. The third-order valence-corrected chi connectivity index (χ3v) is 2.07. The Kier molecular flexibility index (Phi) is 3.31. The number of aliphatic hydroxyl groups is 1. The number of hydrogen-bond donors (Lipinski definition) is 1. The molecule has 1 heterocycles. The Bertz CT molecular complexity index is 267. The second kappa shape index (κ2) is 4.28. The highest BCUT2D eigenvalue weighted by atomic mass is 16.4. The molecule has 1 aromatic rings. The first-order valence-corrected chi connectivity index (χ1v) is 4.55. The first-order valence-electron chi connectivity index (χ1n) is 4.55. The van der Waals surface area contributed by atoms with Gasteiger partial charge in [0.15, 0.2) is 0 Å². The second-order valence-electron chi connectivity index (χ2n) is 2.83. The molecule has 1 rings (SSSR count). The number of oxazole rings is 1. The highest BCUT2D eigenvalue weighted by Crippen LogP contribution is 2.17. The van der Waals surface area contributed by atoms with E-state index in [2.05, 4.69) is 4.98 Å².